The average Bonchev–Trinajstić information content (AvgIpc) is 2.67. The smallest absolute Gasteiger partial charge is 0.0323 e. The van der Waals surface area contributed by atoms with E-state index in [4.69, 9.17) is 0 Å². The molecular weight excluding hydrogens is 336 g/mol. The lowest BCUT2D eigenvalue weighted by Gasteiger charge is -1.98. The molecule has 0 bridgehead atoms. The minimum Gasteiger partial charge on any atom is -0.100 e. The van der Waals surface area contributed by atoms with Crippen LogP contribution in [0, 0.1) is 20.8 Å². The van der Waals surface area contributed by atoms with Gasteiger partial charge in [-0.3, -0.25) is 0 Å². The zero-order valence-corrected chi connectivity index (χ0v) is 21.6. The van der Waals surface area contributed by atoms with Gasteiger partial charge in [-0.05, 0) is 65.0 Å². The van der Waals surface area contributed by atoms with Crippen molar-refractivity contribution in [3.05, 3.63) is 59.2 Å². The van der Waals surface area contributed by atoms with Crippen molar-refractivity contribution >= 4 is 0 Å². The molecule has 0 radical (unpaired) electrons. The van der Waals surface area contributed by atoms with Crippen molar-refractivity contribution < 1.29 is 0 Å². The van der Waals surface area contributed by atoms with E-state index in [9.17, 15) is 0 Å². The van der Waals surface area contributed by atoms with Gasteiger partial charge < -0.3 is 0 Å². The molecule has 1 aromatic rings. The van der Waals surface area contributed by atoms with E-state index in [-0.39, 0.29) is 0 Å². The maximum absolute atomic E-state index is 3.82. The quantitative estimate of drug-likeness (QED) is 0.423. The van der Waals surface area contributed by atoms with Crippen LogP contribution in [0.2, 0.25) is 0 Å². The van der Waals surface area contributed by atoms with E-state index in [0.717, 1.165) is 12.8 Å². The van der Waals surface area contributed by atoms with Crippen LogP contribution in [0.1, 0.15) is 117 Å². The third-order valence-corrected chi connectivity index (χ3v) is 3.87. The molecule has 0 heterocycles. The maximum Gasteiger partial charge on any atom is -0.0323 e. The summed E-state index contributed by atoms with van der Waals surface area (Å²) in [6.07, 6.45) is 8.78. The van der Waals surface area contributed by atoms with Gasteiger partial charge in [0.15, 0.2) is 0 Å². The topological polar surface area (TPSA) is 0 Å². The van der Waals surface area contributed by atoms with Crippen molar-refractivity contribution in [1.29, 1.82) is 0 Å². The lowest BCUT2D eigenvalue weighted by Crippen LogP contribution is -1.79. The molecule has 28 heavy (non-hydrogen) atoms. The predicted molar refractivity (Wildman–Crippen MR) is 137 cm³/mol. The second kappa shape index (κ2) is 27.9. The highest BCUT2D eigenvalue weighted by Crippen LogP contribution is 2.08. The minimum absolute atomic E-state index is 1.15. The summed E-state index contributed by atoms with van der Waals surface area (Å²) in [5.74, 6) is 0. The van der Waals surface area contributed by atoms with Crippen LogP contribution >= 0.6 is 0 Å². The summed E-state index contributed by atoms with van der Waals surface area (Å²) in [5, 5.41) is 0. The molecule has 0 aromatic heterocycles. The van der Waals surface area contributed by atoms with Crippen LogP contribution in [0.3, 0.4) is 0 Å². The van der Waals surface area contributed by atoms with Crippen LogP contribution in [0.4, 0.5) is 0 Å². The van der Waals surface area contributed by atoms with Crippen LogP contribution in [0.15, 0.2) is 42.5 Å². The first-order chi connectivity index (χ1) is 13.2. The lowest BCUT2D eigenvalue weighted by atomic mass is 10.1. The van der Waals surface area contributed by atoms with E-state index in [1.807, 2.05) is 13.8 Å². The van der Waals surface area contributed by atoms with E-state index in [1.165, 1.54) is 59.9 Å². The van der Waals surface area contributed by atoms with Crippen molar-refractivity contribution in [2.75, 3.05) is 0 Å². The van der Waals surface area contributed by atoms with E-state index >= 15 is 0 Å². The van der Waals surface area contributed by atoms with Crippen molar-refractivity contribution in [2.45, 2.75) is 121 Å². The van der Waals surface area contributed by atoms with Crippen LogP contribution in [0.5, 0.6) is 0 Å². The van der Waals surface area contributed by atoms with Crippen molar-refractivity contribution in [3.63, 3.8) is 0 Å². The normalized spacial score (nSPS) is 8.39. The second-order valence-electron chi connectivity index (χ2n) is 7.36. The molecule has 0 aliphatic carbocycles. The monoisotopic (exact) mass is 390 g/mol. The standard InChI is InChI=1S/C9H12.C9H16.2C4H10.C2H6/c1-7-4-5-8(2)9(3)6-7;1-8(2)6-5-7-9(3)4;2*1-3-4-2;1-2/h4-6H,1-3H3;1,3,5-7H2,2,4H3;2*3-4H2,1-2H3;1-2H3. The fourth-order valence-electron chi connectivity index (χ4n) is 1.58. The molecule has 0 aliphatic rings. The van der Waals surface area contributed by atoms with Gasteiger partial charge in [-0.2, -0.15) is 0 Å². The number of hydrogen-bond acceptors (Lipinski definition) is 0. The van der Waals surface area contributed by atoms with E-state index in [2.05, 4.69) is 93.7 Å². The highest BCUT2D eigenvalue weighted by atomic mass is 14.0. The van der Waals surface area contributed by atoms with Crippen LogP contribution < -0.4 is 0 Å². The van der Waals surface area contributed by atoms with Gasteiger partial charge in [-0.15, -0.1) is 13.2 Å². The Balaban J connectivity index is -0.000000142. The molecule has 0 nitrogen and oxygen atoms in total. The first-order valence-corrected chi connectivity index (χ1v) is 11.5. The molecule has 0 unspecified atom stereocenters. The molecule has 0 spiro atoms. The molecule has 0 amide bonds. The summed E-state index contributed by atoms with van der Waals surface area (Å²) in [6, 6.07) is 6.50. The van der Waals surface area contributed by atoms with Crippen molar-refractivity contribution in [2.24, 2.45) is 0 Å². The zero-order chi connectivity index (χ0) is 23.0. The highest BCUT2D eigenvalue weighted by Gasteiger charge is 1.89. The Bertz CT molecular complexity index is 429. The fourth-order valence-corrected chi connectivity index (χ4v) is 1.58. The molecule has 0 N–H and O–H groups in total. The third-order valence-electron chi connectivity index (χ3n) is 3.87. The Morgan fingerprint density at radius 2 is 1.04 bits per heavy atom. The Kier molecular flexibility index (Phi) is 34.1. The van der Waals surface area contributed by atoms with E-state index < -0.39 is 0 Å². The SMILES string of the molecule is C=C(C)CCCC(=C)C.CC.CCCC.CCCC.Cc1ccc(C)c(C)c1. The Hall–Kier alpha value is -1.30. The number of benzene rings is 1. The summed E-state index contributed by atoms with van der Waals surface area (Å²) in [7, 11) is 0. The summed E-state index contributed by atoms with van der Waals surface area (Å²) in [5.41, 5.74) is 6.65. The minimum atomic E-state index is 1.15. The van der Waals surface area contributed by atoms with Crippen molar-refractivity contribution in [3.8, 4) is 0 Å². The first-order valence-electron chi connectivity index (χ1n) is 11.5. The van der Waals surface area contributed by atoms with Gasteiger partial charge in [-0.1, -0.05) is 102 Å². The third kappa shape index (κ3) is 35.7. The molecule has 0 saturated carbocycles. The van der Waals surface area contributed by atoms with Crippen molar-refractivity contribution in [1.82, 2.24) is 0 Å². The molecule has 0 saturated heterocycles. The Morgan fingerprint density at radius 3 is 1.25 bits per heavy atom. The number of rotatable bonds is 6. The van der Waals surface area contributed by atoms with Crippen LogP contribution in [0.25, 0.3) is 0 Å². The van der Waals surface area contributed by atoms with E-state index in [0.29, 0.717) is 0 Å². The number of allylic oxidation sites excluding steroid dienone is 2. The fraction of sp³-hybridized carbons (Fsp3) is 0.643. The lowest BCUT2D eigenvalue weighted by molar-refractivity contribution is 0.808. The Morgan fingerprint density at radius 1 is 0.679 bits per heavy atom. The summed E-state index contributed by atoms with van der Waals surface area (Å²) < 4.78 is 0. The van der Waals surface area contributed by atoms with Gasteiger partial charge >= 0.3 is 0 Å². The van der Waals surface area contributed by atoms with Gasteiger partial charge in [0.1, 0.15) is 0 Å². The van der Waals surface area contributed by atoms with Gasteiger partial charge in [0, 0.05) is 0 Å². The Labute approximate surface area is 180 Å². The highest BCUT2D eigenvalue weighted by molar-refractivity contribution is 5.28. The van der Waals surface area contributed by atoms with Gasteiger partial charge in [-0.25, -0.2) is 0 Å². The summed E-state index contributed by atoms with van der Waals surface area (Å²) in [6.45, 7) is 30.9. The second-order valence-corrected chi connectivity index (χ2v) is 7.36. The number of hydrogen-bond donors (Lipinski definition) is 0. The molecule has 0 heteroatoms. The number of aryl methyl sites for hydroxylation is 3. The largest absolute Gasteiger partial charge is 0.100 e. The average molecular weight is 391 g/mol. The molecule has 0 fully saturated rings. The van der Waals surface area contributed by atoms with Crippen LogP contribution in [-0.4, -0.2) is 0 Å². The summed E-state index contributed by atoms with van der Waals surface area (Å²) in [4.78, 5) is 0. The molecule has 0 aliphatic heterocycles. The van der Waals surface area contributed by atoms with Gasteiger partial charge in [0.05, 0.1) is 0 Å². The molecule has 1 rings (SSSR count). The van der Waals surface area contributed by atoms with Gasteiger partial charge in [0.2, 0.25) is 0 Å². The number of unbranched alkanes of at least 4 members (excludes halogenated alkanes) is 2. The molecule has 1 aromatic carbocycles. The molecule has 166 valence electrons. The van der Waals surface area contributed by atoms with Gasteiger partial charge in [0.25, 0.3) is 0 Å². The summed E-state index contributed by atoms with van der Waals surface area (Å²) >= 11 is 0. The van der Waals surface area contributed by atoms with Crippen LogP contribution in [-0.2, 0) is 0 Å². The maximum atomic E-state index is 3.82. The molecular formula is C28H54. The molecule has 0 atom stereocenters. The first kappa shape index (κ1) is 34.2. The van der Waals surface area contributed by atoms with E-state index in [1.54, 1.807) is 0 Å². The zero-order valence-electron chi connectivity index (χ0n) is 21.6. The predicted octanol–water partition coefficient (Wildman–Crippen LogP) is 10.6.